The number of hydrogen-bond donors (Lipinski definition) is 3. The highest BCUT2D eigenvalue weighted by Crippen LogP contribution is 2.03. The summed E-state index contributed by atoms with van der Waals surface area (Å²) in [5.74, 6) is 1.61. The largest absolute Gasteiger partial charge is 0.396 e. The Balaban J connectivity index is 2.15. The Bertz CT molecular complexity index is 292. The SMILES string of the molecule is O=S(=O)(NCCSCCCO)N1CCNCC1. The van der Waals surface area contributed by atoms with Gasteiger partial charge in [-0.05, 0) is 12.2 Å². The zero-order valence-corrected chi connectivity index (χ0v) is 11.5. The first-order valence-corrected chi connectivity index (χ1v) is 8.40. The average molecular weight is 283 g/mol. The first-order chi connectivity index (χ1) is 8.17. The molecule has 0 radical (unpaired) electrons. The van der Waals surface area contributed by atoms with E-state index < -0.39 is 10.2 Å². The minimum absolute atomic E-state index is 0.194. The van der Waals surface area contributed by atoms with Gasteiger partial charge in [-0.25, -0.2) is 4.72 Å². The molecule has 0 amide bonds. The molecule has 1 aliphatic heterocycles. The predicted octanol–water partition coefficient (Wildman–Crippen LogP) is -1.16. The quantitative estimate of drug-likeness (QED) is 0.490. The summed E-state index contributed by atoms with van der Waals surface area (Å²) in [6.45, 7) is 3.14. The van der Waals surface area contributed by atoms with E-state index in [0.29, 0.717) is 32.7 Å². The molecule has 0 aromatic carbocycles. The molecule has 0 saturated carbocycles. The normalized spacial score (nSPS) is 18.4. The van der Waals surface area contributed by atoms with Crippen LogP contribution in [0.5, 0.6) is 0 Å². The fourth-order valence-corrected chi connectivity index (χ4v) is 3.61. The van der Waals surface area contributed by atoms with E-state index in [-0.39, 0.29) is 6.61 Å². The minimum atomic E-state index is -3.30. The van der Waals surface area contributed by atoms with Crippen molar-refractivity contribution in [2.75, 3.05) is 50.8 Å². The van der Waals surface area contributed by atoms with Crippen LogP contribution in [0.25, 0.3) is 0 Å². The third kappa shape index (κ3) is 6.03. The van der Waals surface area contributed by atoms with Gasteiger partial charge in [-0.2, -0.15) is 24.5 Å². The first kappa shape index (κ1) is 15.2. The summed E-state index contributed by atoms with van der Waals surface area (Å²) in [7, 11) is -3.30. The van der Waals surface area contributed by atoms with Gasteiger partial charge < -0.3 is 10.4 Å². The number of thioether (sulfide) groups is 1. The predicted molar refractivity (Wildman–Crippen MR) is 70.4 cm³/mol. The number of aliphatic hydroxyl groups excluding tert-OH is 1. The van der Waals surface area contributed by atoms with Gasteiger partial charge in [-0.15, -0.1) is 0 Å². The maximum Gasteiger partial charge on any atom is 0.279 e. The van der Waals surface area contributed by atoms with Crippen molar-refractivity contribution in [2.45, 2.75) is 6.42 Å². The van der Waals surface area contributed by atoms with Gasteiger partial charge in [-0.3, -0.25) is 0 Å². The van der Waals surface area contributed by atoms with E-state index in [1.807, 2.05) is 0 Å². The summed E-state index contributed by atoms with van der Waals surface area (Å²) in [4.78, 5) is 0. The molecular formula is C9H21N3O3S2. The van der Waals surface area contributed by atoms with Crippen molar-refractivity contribution < 1.29 is 13.5 Å². The molecule has 0 aromatic rings. The zero-order chi connectivity index (χ0) is 12.6. The van der Waals surface area contributed by atoms with E-state index in [9.17, 15) is 8.42 Å². The molecular weight excluding hydrogens is 262 g/mol. The van der Waals surface area contributed by atoms with E-state index >= 15 is 0 Å². The summed E-state index contributed by atoms with van der Waals surface area (Å²) >= 11 is 1.65. The van der Waals surface area contributed by atoms with Gasteiger partial charge in [0.1, 0.15) is 0 Å². The lowest BCUT2D eigenvalue weighted by atomic mass is 10.4. The van der Waals surface area contributed by atoms with E-state index in [4.69, 9.17) is 5.11 Å². The van der Waals surface area contributed by atoms with Crippen molar-refractivity contribution in [2.24, 2.45) is 0 Å². The molecule has 0 aliphatic carbocycles. The van der Waals surface area contributed by atoms with Crippen LogP contribution in [0, 0.1) is 0 Å². The number of hydrogen-bond acceptors (Lipinski definition) is 5. The number of piperazine rings is 1. The van der Waals surface area contributed by atoms with E-state index in [1.165, 1.54) is 4.31 Å². The molecule has 1 fully saturated rings. The number of rotatable bonds is 8. The fourth-order valence-electron chi connectivity index (χ4n) is 1.49. The molecule has 1 saturated heterocycles. The summed E-state index contributed by atoms with van der Waals surface area (Å²) in [5.41, 5.74) is 0. The second kappa shape index (κ2) is 8.28. The number of aliphatic hydroxyl groups is 1. The van der Waals surface area contributed by atoms with Crippen LogP contribution in [0.2, 0.25) is 0 Å². The second-order valence-electron chi connectivity index (χ2n) is 3.74. The van der Waals surface area contributed by atoms with Crippen LogP contribution in [0.15, 0.2) is 0 Å². The standard InChI is InChI=1S/C9H21N3O3S2/c13-7-1-8-16-9-4-11-17(14,15)12-5-2-10-3-6-12/h10-11,13H,1-9H2. The molecule has 3 N–H and O–H groups in total. The van der Waals surface area contributed by atoms with Crippen molar-refractivity contribution in [1.29, 1.82) is 0 Å². The van der Waals surface area contributed by atoms with E-state index in [0.717, 1.165) is 17.9 Å². The third-order valence-corrected chi connectivity index (χ3v) is 5.08. The molecule has 17 heavy (non-hydrogen) atoms. The Morgan fingerprint density at radius 1 is 1.29 bits per heavy atom. The molecule has 6 nitrogen and oxygen atoms in total. The Labute approximate surface area is 107 Å². The van der Waals surface area contributed by atoms with Gasteiger partial charge in [0, 0.05) is 45.1 Å². The van der Waals surface area contributed by atoms with Crippen molar-refractivity contribution in [3.8, 4) is 0 Å². The summed E-state index contributed by atoms with van der Waals surface area (Å²) < 4.78 is 27.7. The van der Waals surface area contributed by atoms with Crippen LogP contribution in [-0.2, 0) is 10.2 Å². The molecule has 0 bridgehead atoms. The van der Waals surface area contributed by atoms with Gasteiger partial charge in [0.05, 0.1) is 0 Å². The lowest BCUT2D eigenvalue weighted by Crippen LogP contribution is -2.50. The fraction of sp³-hybridized carbons (Fsp3) is 1.00. The summed E-state index contributed by atoms with van der Waals surface area (Å²) in [6, 6.07) is 0. The Hall–Kier alpha value is 0.140. The molecule has 102 valence electrons. The maximum absolute atomic E-state index is 11.8. The van der Waals surface area contributed by atoms with Crippen LogP contribution in [0.4, 0.5) is 0 Å². The second-order valence-corrected chi connectivity index (χ2v) is 6.72. The summed E-state index contributed by atoms with van der Waals surface area (Å²) in [5, 5.41) is 11.7. The molecule has 8 heteroatoms. The highest BCUT2D eigenvalue weighted by molar-refractivity contribution is 7.99. The van der Waals surface area contributed by atoms with Gasteiger partial charge in [0.15, 0.2) is 0 Å². The maximum atomic E-state index is 11.8. The minimum Gasteiger partial charge on any atom is -0.396 e. The third-order valence-electron chi connectivity index (χ3n) is 2.39. The molecule has 0 spiro atoms. The lowest BCUT2D eigenvalue weighted by Gasteiger charge is -2.26. The monoisotopic (exact) mass is 283 g/mol. The molecule has 0 unspecified atom stereocenters. The van der Waals surface area contributed by atoms with E-state index in [1.54, 1.807) is 11.8 Å². The Morgan fingerprint density at radius 3 is 2.65 bits per heavy atom. The lowest BCUT2D eigenvalue weighted by molar-refractivity contribution is 0.296. The van der Waals surface area contributed by atoms with Crippen molar-refractivity contribution in [3.63, 3.8) is 0 Å². The Morgan fingerprint density at radius 2 is 2.00 bits per heavy atom. The highest BCUT2D eigenvalue weighted by Gasteiger charge is 2.22. The summed E-state index contributed by atoms with van der Waals surface area (Å²) in [6.07, 6.45) is 0.759. The zero-order valence-electron chi connectivity index (χ0n) is 9.89. The van der Waals surface area contributed by atoms with Crippen LogP contribution in [-0.4, -0.2) is 68.7 Å². The van der Waals surface area contributed by atoms with Crippen molar-refractivity contribution in [3.05, 3.63) is 0 Å². The van der Waals surface area contributed by atoms with Gasteiger partial charge in [0.2, 0.25) is 0 Å². The smallest absolute Gasteiger partial charge is 0.279 e. The van der Waals surface area contributed by atoms with Gasteiger partial charge >= 0.3 is 0 Å². The number of nitrogens with zero attached hydrogens (tertiary/aromatic N) is 1. The molecule has 0 aromatic heterocycles. The van der Waals surface area contributed by atoms with Gasteiger partial charge in [-0.1, -0.05) is 0 Å². The van der Waals surface area contributed by atoms with Gasteiger partial charge in [0.25, 0.3) is 10.2 Å². The van der Waals surface area contributed by atoms with Crippen LogP contribution >= 0.6 is 11.8 Å². The van der Waals surface area contributed by atoms with Crippen molar-refractivity contribution in [1.82, 2.24) is 14.3 Å². The van der Waals surface area contributed by atoms with Crippen molar-refractivity contribution >= 4 is 22.0 Å². The molecule has 1 aliphatic rings. The van der Waals surface area contributed by atoms with E-state index in [2.05, 4.69) is 10.0 Å². The number of nitrogens with one attached hydrogen (secondary N) is 2. The first-order valence-electron chi connectivity index (χ1n) is 5.81. The topological polar surface area (TPSA) is 81.7 Å². The molecule has 1 heterocycles. The van der Waals surface area contributed by atoms with Crippen LogP contribution < -0.4 is 10.0 Å². The highest BCUT2D eigenvalue weighted by atomic mass is 32.2. The Kier molecular flexibility index (Phi) is 7.40. The van der Waals surface area contributed by atoms with Crippen LogP contribution in [0.3, 0.4) is 0 Å². The average Bonchev–Trinajstić information content (AvgIpc) is 2.35. The van der Waals surface area contributed by atoms with Crippen LogP contribution in [0.1, 0.15) is 6.42 Å². The molecule has 0 atom stereocenters. The molecule has 1 rings (SSSR count).